The zero-order chi connectivity index (χ0) is 11.6. The Morgan fingerprint density at radius 1 is 1.62 bits per heavy atom. The molecule has 5 nitrogen and oxygen atoms in total. The molecule has 90 valence electrons. The number of methoxy groups -OCH3 is 1. The maximum Gasteiger partial charge on any atom is 0.254 e. The Bertz CT molecular complexity index is 454. The molecule has 0 saturated heterocycles. The van der Waals surface area contributed by atoms with Crippen LogP contribution in [0.25, 0.3) is 0 Å². The molecular weight excluding hydrogens is 250 g/mol. The van der Waals surface area contributed by atoms with Gasteiger partial charge in [-0.3, -0.25) is 0 Å². The Labute approximate surface area is 98.6 Å². The van der Waals surface area contributed by atoms with Crippen LogP contribution in [0, 0.1) is 0 Å². The lowest BCUT2D eigenvalue weighted by Crippen LogP contribution is -2.34. The highest BCUT2D eigenvalue weighted by atomic mass is 32.2. The average Bonchev–Trinajstić information content (AvgIpc) is 2.67. The van der Waals surface area contributed by atoms with Gasteiger partial charge in [0.25, 0.3) is 10.0 Å². The lowest BCUT2D eigenvalue weighted by atomic mass is 10.4. The first-order chi connectivity index (χ1) is 7.66. The van der Waals surface area contributed by atoms with Crippen molar-refractivity contribution in [1.82, 2.24) is 4.31 Å². The molecule has 1 aliphatic heterocycles. The lowest BCUT2D eigenvalue weighted by molar-refractivity contribution is 0.0526. The maximum atomic E-state index is 12.2. The fourth-order valence-corrected chi connectivity index (χ4v) is 4.30. The van der Waals surface area contributed by atoms with Crippen molar-refractivity contribution in [2.24, 2.45) is 0 Å². The monoisotopic (exact) mass is 263 g/mol. The molecule has 0 aliphatic carbocycles. The van der Waals surface area contributed by atoms with Crippen LogP contribution in [0.3, 0.4) is 0 Å². The van der Waals surface area contributed by atoms with Crippen molar-refractivity contribution >= 4 is 21.4 Å². The van der Waals surface area contributed by atoms with Crippen molar-refractivity contribution < 1.29 is 17.9 Å². The predicted octanol–water partition coefficient (Wildman–Crippen LogP) is 0.873. The fraction of sp³-hybridized carbons (Fsp3) is 0.556. The highest BCUT2D eigenvalue weighted by Crippen LogP contribution is 2.29. The lowest BCUT2D eigenvalue weighted by Gasteiger charge is -2.18. The molecule has 0 saturated carbocycles. The highest BCUT2D eigenvalue weighted by molar-refractivity contribution is 7.91. The molecule has 2 rings (SSSR count). The minimum Gasteiger partial charge on any atom is -0.383 e. The molecule has 0 amide bonds. The molecule has 1 aromatic rings. The van der Waals surface area contributed by atoms with Crippen LogP contribution in [-0.4, -0.2) is 39.7 Å². The van der Waals surface area contributed by atoms with Gasteiger partial charge >= 0.3 is 0 Å². The van der Waals surface area contributed by atoms with Crippen molar-refractivity contribution in [1.29, 1.82) is 0 Å². The van der Waals surface area contributed by atoms with Crippen molar-refractivity contribution in [2.75, 3.05) is 27.0 Å². The SMILES string of the molecule is COCCN1COCc2ccsc2S1(=O)=O. The number of fused-ring (bicyclic) bond motifs is 1. The number of thiophene rings is 1. The van der Waals surface area contributed by atoms with Crippen molar-refractivity contribution in [3.63, 3.8) is 0 Å². The molecule has 0 fully saturated rings. The Kier molecular flexibility index (Phi) is 3.60. The van der Waals surface area contributed by atoms with Gasteiger partial charge in [0.1, 0.15) is 10.9 Å². The zero-order valence-electron chi connectivity index (χ0n) is 8.88. The largest absolute Gasteiger partial charge is 0.383 e. The minimum absolute atomic E-state index is 0.0904. The summed E-state index contributed by atoms with van der Waals surface area (Å²) >= 11 is 1.23. The number of nitrogens with zero attached hydrogens (tertiary/aromatic N) is 1. The van der Waals surface area contributed by atoms with Crippen LogP contribution in [0.1, 0.15) is 5.56 Å². The minimum atomic E-state index is -3.40. The molecule has 16 heavy (non-hydrogen) atoms. The van der Waals surface area contributed by atoms with Gasteiger partial charge in [0.2, 0.25) is 0 Å². The Morgan fingerprint density at radius 3 is 3.19 bits per heavy atom. The van der Waals surface area contributed by atoms with Gasteiger partial charge in [-0.2, -0.15) is 4.31 Å². The molecular formula is C9H13NO4S2. The predicted molar refractivity (Wildman–Crippen MR) is 59.7 cm³/mol. The summed E-state index contributed by atoms with van der Waals surface area (Å²) in [6, 6.07) is 1.79. The van der Waals surface area contributed by atoms with Crippen molar-refractivity contribution in [3.8, 4) is 0 Å². The van der Waals surface area contributed by atoms with Gasteiger partial charge in [0.15, 0.2) is 0 Å². The normalized spacial score (nSPS) is 20.3. The van der Waals surface area contributed by atoms with E-state index in [1.54, 1.807) is 18.6 Å². The second kappa shape index (κ2) is 4.80. The second-order valence-corrected chi connectivity index (χ2v) is 6.43. The molecule has 0 atom stereocenters. The van der Waals surface area contributed by atoms with Crippen molar-refractivity contribution in [3.05, 3.63) is 17.0 Å². The van der Waals surface area contributed by atoms with Gasteiger partial charge in [-0.05, 0) is 11.4 Å². The van der Waals surface area contributed by atoms with E-state index in [0.717, 1.165) is 5.56 Å². The Balaban J connectivity index is 2.31. The van der Waals surface area contributed by atoms with E-state index in [4.69, 9.17) is 9.47 Å². The molecule has 0 aromatic carbocycles. The molecule has 1 aliphatic rings. The first-order valence-electron chi connectivity index (χ1n) is 4.79. The van der Waals surface area contributed by atoms with E-state index in [1.807, 2.05) is 0 Å². The van der Waals surface area contributed by atoms with E-state index in [9.17, 15) is 8.42 Å². The first-order valence-corrected chi connectivity index (χ1v) is 7.11. The topological polar surface area (TPSA) is 55.8 Å². The first kappa shape index (κ1) is 12.0. The van der Waals surface area contributed by atoms with E-state index in [-0.39, 0.29) is 6.73 Å². The summed E-state index contributed by atoms with van der Waals surface area (Å²) in [7, 11) is -1.86. The summed E-state index contributed by atoms with van der Waals surface area (Å²) in [6.45, 7) is 1.12. The van der Waals surface area contributed by atoms with Crippen molar-refractivity contribution in [2.45, 2.75) is 10.8 Å². The zero-order valence-corrected chi connectivity index (χ0v) is 10.5. The van der Waals surface area contributed by atoms with Gasteiger partial charge in [0.05, 0.1) is 13.2 Å². The summed E-state index contributed by atoms with van der Waals surface area (Å²) in [6.07, 6.45) is 0. The van der Waals surface area contributed by atoms with E-state index >= 15 is 0 Å². The molecule has 7 heteroatoms. The summed E-state index contributed by atoms with van der Waals surface area (Å²) in [5.41, 5.74) is 0.741. The third-order valence-corrected chi connectivity index (χ3v) is 5.69. The van der Waals surface area contributed by atoms with Crippen LogP contribution in [0.4, 0.5) is 0 Å². The molecule has 0 spiro atoms. The van der Waals surface area contributed by atoms with Crippen LogP contribution in [0.5, 0.6) is 0 Å². The molecule has 0 N–H and O–H groups in total. The van der Waals surface area contributed by atoms with Gasteiger partial charge in [0, 0.05) is 19.2 Å². The molecule has 2 heterocycles. The van der Waals surface area contributed by atoms with Gasteiger partial charge in [-0.15, -0.1) is 11.3 Å². The summed E-state index contributed by atoms with van der Waals surface area (Å²) in [5.74, 6) is 0. The number of sulfonamides is 1. The summed E-state index contributed by atoms with van der Waals surface area (Å²) in [5, 5.41) is 1.77. The molecule has 1 aromatic heterocycles. The standard InChI is InChI=1S/C9H13NO4S2/c1-13-4-3-10-7-14-6-8-2-5-15-9(8)16(10,11)12/h2,5H,3-4,6-7H2,1H3. The van der Waals surface area contributed by atoms with Gasteiger partial charge < -0.3 is 9.47 Å². The quantitative estimate of drug-likeness (QED) is 0.812. The number of ether oxygens (including phenoxy) is 2. The maximum absolute atomic E-state index is 12.2. The third-order valence-electron chi connectivity index (χ3n) is 2.32. The number of hydrogen-bond acceptors (Lipinski definition) is 5. The average molecular weight is 263 g/mol. The molecule has 0 bridgehead atoms. The third kappa shape index (κ3) is 2.14. The van der Waals surface area contributed by atoms with Gasteiger partial charge in [-0.25, -0.2) is 8.42 Å². The highest BCUT2D eigenvalue weighted by Gasteiger charge is 2.30. The Morgan fingerprint density at radius 2 is 2.44 bits per heavy atom. The Hall–Kier alpha value is -0.470. The summed E-state index contributed by atoms with van der Waals surface area (Å²) in [4.78, 5) is 0. The van der Waals surface area contributed by atoms with E-state index in [2.05, 4.69) is 0 Å². The number of hydrogen-bond donors (Lipinski definition) is 0. The van der Waals surface area contributed by atoms with Crippen LogP contribution >= 0.6 is 11.3 Å². The molecule has 0 radical (unpaired) electrons. The summed E-state index contributed by atoms with van der Waals surface area (Å²) < 4.78 is 36.3. The van der Waals surface area contributed by atoms with Crippen LogP contribution < -0.4 is 0 Å². The van der Waals surface area contributed by atoms with Crippen LogP contribution in [-0.2, 0) is 26.1 Å². The smallest absolute Gasteiger partial charge is 0.254 e. The fourth-order valence-electron chi connectivity index (χ4n) is 1.48. The van der Waals surface area contributed by atoms with E-state index in [0.29, 0.717) is 24.0 Å². The van der Waals surface area contributed by atoms with E-state index < -0.39 is 10.0 Å². The van der Waals surface area contributed by atoms with Gasteiger partial charge in [-0.1, -0.05) is 0 Å². The second-order valence-electron chi connectivity index (χ2n) is 3.38. The van der Waals surface area contributed by atoms with Crippen LogP contribution in [0.15, 0.2) is 15.7 Å². The van der Waals surface area contributed by atoms with E-state index in [1.165, 1.54) is 15.6 Å². The molecule has 0 unspecified atom stereocenters. The number of rotatable bonds is 3. The van der Waals surface area contributed by atoms with Crippen LogP contribution in [0.2, 0.25) is 0 Å².